The van der Waals surface area contributed by atoms with Crippen LogP contribution in [-0.2, 0) is 4.79 Å². The summed E-state index contributed by atoms with van der Waals surface area (Å²) in [5, 5.41) is 3.39. The largest absolute Gasteiger partial charge is 0.336 e. The van der Waals surface area contributed by atoms with E-state index < -0.39 is 0 Å². The van der Waals surface area contributed by atoms with Gasteiger partial charge in [-0.05, 0) is 43.4 Å². The van der Waals surface area contributed by atoms with E-state index in [2.05, 4.69) is 15.1 Å². The molecule has 2 aliphatic carbocycles. The molecule has 3 fully saturated rings. The van der Waals surface area contributed by atoms with Crippen LogP contribution in [0.5, 0.6) is 0 Å². The number of benzene rings is 1. The molecular weight excluding hydrogens is 317 g/mol. The van der Waals surface area contributed by atoms with Gasteiger partial charge in [-0.25, -0.2) is 4.39 Å². The minimum absolute atomic E-state index is 0.0676. The van der Waals surface area contributed by atoms with Gasteiger partial charge in [-0.3, -0.25) is 9.69 Å². The second-order valence-corrected chi connectivity index (χ2v) is 7.72. The van der Waals surface area contributed by atoms with Crippen molar-refractivity contribution < 1.29 is 9.18 Å². The van der Waals surface area contributed by atoms with Crippen molar-refractivity contribution in [2.24, 2.45) is 0 Å². The molecule has 1 unspecified atom stereocenters. The molecule has 25 heavy (non-hydrogen) atoms. The Morgan fingerprint density at radius 2 is 1.96 bits per heavy atom. The lowest BCUT2D eigenvalue weighted by molar-refractivity contribution is -0.136. The summed E-state index contributed by atoms with van der Waals surface area (Å²) in [7, 11) is 0. The Balaban J connectivity index is 1.47. The molecule has 2 saturated carbocycles. The number of carbonyl (C=O) groups is 1. The number of amides is 1. The minimum atomic E-state index is -0.208. The molecule has 1 aliphatic heterocycles. The van der Waals surface area contributed by atoms with E-state index in [1.54, 1.807) is 12.1 Å². The van der Waals surface area contributed by atoms with Crippen molar-refractivity contribution in [3.8, 4) is 0 Å². The van der Waals surface area contributed by atoms with Crippen molar-refractivity contribution in [1.82, 2.24) is 15.1 Å². The van der Waals surface area contributed by atoms with Crippen LogP contribution in [0.1, 0.15) is 50.1 Å². The molecule has 4 rings (SSSR count). The van der Waals surface area contributed by atoms with Gasteiger partial charge in [-0.15, -0.1) is 0 Å². The molecular formula is C20H28FN3O. The molecule has 1 aromatic rings. The third kappa shape index (κ3) is 3.87. The summed E-state index contributed by atoms with van der Waals surface area (Å²) >= 11 is 0. The summed E-state index contributed by atoms with van der Waals surface area (Å²) in [4.78, 5) is 17.6. The van der Waals surface area contributed by atoms with Crippen molar-refractivity contribution in [3.63, 3.8) is 0 Å². The lowest BCUT2D eigenvalue weighted by atomic mass is 10.0. The highest BCUT2D eigenvalue weighted by molar-refractivity contribution is 5.79. The molecule has 136 valence electrons. The van der Waals surface area contributed by atoms with Gasteiger partial charge in [0.15, 0.2) is 0 Å². The maximum atomic E-state index is 13.6. The van der Waals surface area contributed by atoms with Gasteiger partial charge in [0, 0.05) is 37.8 Å². The van der Waals surface area contributed by atoms with Crippen LogP contribution in [0.3, 0.4) is 0 Å². The predicted octanol–water partition coefficient (Wildman–Crippen LogP) is 2.71. The Hall–Kier alpha value is -1.46. The van der Waals surface area contributed by atoms with E-state index in [0.717, 1.165) is 50.9 Å². The highest BCUT2D eigenvalue weighted by Gasteiger charge is 2.39. The summed E-state index contributed by atoms with van der Waals surface area (Å²) in [6.45, 7) is 2.93. The molecule has 1 aromatic carbocycles. The molecule has 1 atom stereocenters. The van der Waals surface area contributed by atoms with Gasteiger partial charge in [0.05, 0.1) is 6.54 Å². The number of nitrogens with one attached hydrogen (secondary N) is 1. The first-order valence-corrected chi connectivity index (χ1v) is 9.74. The topological polar surface area (TPSA) is 35.6 Å². The fourth-order valence-corrected chi connectivity index (χ4v) is 4.47. The molecule has 1 N–H and O–H groups in total. The summed E-state index contributed by atoms with van der Waals surface area (Å²) in [5.41, 5.74) is 0.957. The number of hydrogen-bond acceptors (Lipinski definition) is 3. The zero-order chi connectivity index (χ0) is 17.2. The first kappa shape index (κ1) is 17.0. The number of rotatable bonds is 5. The summed E-state index contributed by atoms with van der Waals surface area (Å²) in [6.07, 6.45) is 7.16. The Bertz CT molecular complexity index is 613. The summed E-state index contributed by atoms with van der Waals surface area (Å²) in [5.74, 6) is 0.0672. The van der Waals surface area contributed by atoms with Gasteiger partial charge >= 0.3 is 0 Å². The molecule has 0 spiro atoms. The predicted molar refractivity (Wildman–Crippen MR) is 95.7 cm³/mol. The van der Waals surface area contributed by atoms with Crippen molar-refractivity contribution in [2.75, 3.05) is 26.2 Å². The third-order valence-corrected chi connectivity index (χ3v) is 5.87. The van der Waals surface area contributed by atoms with E-state index in [1.165, 1.54) is 18.9 Å². The maximum absolute atomic E-state index is 13.6. The zero-order valence-electron chi connectivity index (χ0n) is 14.8. The second-order valence-electron chi connectivity index (χ2n) is 7.72. The number of hydrogen-bond donors (Lipinski definition) is 1. The first-order valence-electron chi connectivity index (χ1n) is 9.74. The molecule has 0 radical (unpaired) electrons. The van der Waals surface area contributed by atoms with Crippen LogP contribution in [0.2, 0.25) is 0 Å². The Kier molecular flexibility index (Phi) is 5.04. The van der Waals surface area contributed by atoms with Gasteiger partial charge in [-0.2, -0.15) is 0 Å². The number of nitrogens with zero attached hydrogens (tertiary/aromatic N) is 2. The monoisotopic (exact) mass is 345 g/mol. The van der Waals surface area contributed by atoms with Crippen LogP contribution in [0.15, 0.2) is 24.3 Å². The van der Waals surface area contributed by atoms with Crippen LogP contribution in [0.4, 0.5) is 4.39 Å². The van der Waals surface area contributed by atoms with E-state index >= 15 is 0 Å². The van der Waals surface area contributed by atoms with E-state index in [9.17, 15) is 9.18 Å². The quantitative estimate of drug-likeness (QED) is 0.891. The van der Waals surface area contributed by atoms with E-state index in [4.69, 9.17) is 0 Å². The first-order chi connectivity index (χ1) is 12.2. The molecule has 1 saturated heterocycles. The van der Waals surface area contributed by atoms with Crippen LogP contribution < -0.4 is 5.32 Å². The maximum Gasteiger partial charge on any atom is 0.237 e. The fraction of sp³-hybridized carbons (Fsp3) is 0.650. The van der Waals surface area contributed by atoms with Gasteiger partial charge in [0.2, 0.25) is 5.91 Å². The van der Waals surface area contributed by atoms with Gasteiger partial charge < -0.3 is 10.2 Å². The van der Waals surface area contributed by atoms with Crippen LogP contribution >= 0.6 is 0 Å². The third-order valence-electron chi connectivity index (χ3n) is 5.87. The average molecular weight is 345 g/mol. The van der Waals surface area contributed by atoms with Gasteiger partial charge in [0.25, 0.3) is 0 Å². The Morgan fingerprint density at radius 1 is 1.20 bits per heavy atom. The molecule has 4 nitrogen and oxygen atoms in total. The average Bonchev–Trinajstić information content (AvgIpc) is 3.29. The second kappa shape index (κ2) is 7.42. The van der Waals surface area contributed by atoms with Gasteiger partial charge in [0.1, 0.15) is 5.82 Å². The van der Waals surface area contributed by atoms with E-state index in [0.29, 0.717) is 18.6 Å². The van der Waals surface area contributed by atoms with Crippen molar-refractivity contribution in [3.05, 3.63) is 35.6 Å². The standard InChI is InChI=1S/C20H28FN3O/c21-16-5-3-4-15(12-16)19-13-22-10-11-23(19)14-20(25)24(18-8-9-18)17-6-1-2-7-17/h3-5,12,17-19,22H,1-2,6-11,13-14H2. The highest BCUT2D eigenvalue weighted by atomic mass is 19.1. The molecule has 1 heterocycles. The molecule has 5 heteroatoms. The number of piperazine rings is 1. The number of halogens is 1. The van der Waals surface area contributed by atoms with Gasteiger partial charge in [-0.1, -0.05) is 25.0 Å². The van der Waals surface area contributed by atoms with E-state index in [-0.39, 0.29) is 17.8 Å². The SMILES string of the molecule is O=C(CN1CCNCC1c1cccc(F)c1)N(C1CCCC1)C1CC1. The smallest absolute Gasteiger partial charge is 0.237 e. The van der Waals surface area contributed by atoms with Crippen molar-refractivity contribution >= 4 is 5.91 Å². The molecule has 0 bridgehead atoms. The molecule has 3 aliphatic rings. The molecule has 0 aromatic heterocycles. The zero-order valence-corrected chi connectivity index (χ0v) is 14.8. The minimum Gasteiger partial charge on any atom is -0.336 e. The lowest BCUT2D eigenvalue weighted by Crippen LogP contribution is -2.52. The Morgan fingerprint density at radius 3 is 2.68 bits per heavy atom. The summed E-state index contributed by atoms with van der Waals surface area (Å²) in [6, 6.07) is 7.80. The van der Waals surface area contributed by atoms with Crippen molar-refractivity contribution in [1.29, 1.82) is 0 Å². The van der Waals surface area contributed by atoms with Crippen LogP contribution in [-0.4, -0.2) is 54.0 Å². The summed E-state index contributed by atoms with van der Waals surface area (Å²) < 4.78 is 13.6. The fourth-order valence-electron chi connectivity index (χ4n) is 4.47. The highest BCUT2D eigenvalue weighted by Crippen LogP contribution is 2.35. The van der Waals surface area contributed by atoms with Crippen LogP contribution in [0.25, 0.3) is 0 Å². The number of carbonyl (C=O) groups excluding carboxylic acids is 1. The normalized spacial score (nSPS) is 25.2. The Labute approximate surface area is 149 Å². The van der Waals surface area contributed by atoms with Crippen LogP contribution in [0, 0.1) is 5.82 Å². The molecule has 1 amide bonds. The lowest BCUT2D eigenvalue weighted by Gasteiger charge is -2.38. The van der Waals surface area contributed by atoms with E-state index in [1.807, 2.05) is 6.07 Å². The van der Waals surface area contributed by atoms with Crippen molar-refractivity contribution in [2.45, 2.75) is 56.7 Å².